The molecule has 2 aromatic carbocycles. The van der Waals surface area contributed by atoms with E-state index in [4.69, 9.17) is 16.3 Å². The number of hydrogen-bond donors (Lipinski definition) is 1. The first-order valence-corrected chi connectivity index (χ1v) is 10.2. The van der Waals surface area contributed by atoms with Gasteiger partial charge in [0.15, 0.2) is 6.61 Å². The molecule has 1 N–H and O–H groups in total. The highest BCUT2D eigenvalue weighted by atomic mass is 35.5. The molecule has 5 nitrogen and oxygen atoms in total. The Morgan fingerprint density at radius 1 is 1.17 bits per heavy atom. The van der Waals surface area contributed by atoms with Crippen LogP contribution >= 0.6 is 11.6 Å². The lowest BCUT2D eigenvalue weighted by Crippen LogP contribution is -2.49. The summed E-state index contributed by atoms with van der Waals surface area (Å²) in [5, 5.41) is 3.44. The van der Waals surface area contributed by atoms with Gasteiger partial charge in [0.1, 0.15) is 11.8 Å². The molecule has 0 aliphatic heterocycles. The van der Waals surface area contributed by atoms with Crippen LogP contribution in [0.15, 0.2) is 42.5 Å². The topological polar surface area (TPSA) is 58.6 Å². The summed E-state index contributed by atoms with van der Waals surface area (Å²) < 4.78 is 5.78. The molecule has 0 bridgehead atoms. The van der Waals surface area contributed by atoms with Crippen molar-refractivity contribution >= 4 is 23.4 Å². The molecule has 6 heteroatoms. The van der Waals surface area contributed by atoms with Crippen LogP contribution in [0.5, 0.6) is 5.75 Å². The van der Waals surface area contributed by atoms with Crippen LogP contribution in [0.25, 0.3) is 0 Å². The van der Waals surface area contributed by atoms with E-state index in [0.29, 0.717) is 17.3 Å². The average molecular weight is 417 g/mol. The van der Waals surface area contributed by atoms with Gasteiger partial charge in [-0.1, -0.05) is 42.8 Å². The number of carbonyl (C=O) groups is 2. The summed E-state index contributed by atoms with van der Waals surface area (Å²) in [5.41, 5.74) is 2.95. The molecular weight excluding hydrogens is 388 g/mol. The van der Waals surface area contributed by atoms with E-state index in [1.54, 1.807) is 19.1 Å². The van der Waals surface area contributed by atoms with Gasteiger partial charge in [0.25, 0.3) is 5.91 Å². The van der Waals surface area contributed by atoms with Crippen LogP contribution in [0.4, 0.5) is 0 Å². The summed E-state index contributed by atoms with van der Waals surface area (Å²) in [6.07, 6.45) is 0.830. The van der Waals surface area contributed by atoms with Crippen molar-refractivity contribution in [2.45, 2.75) is 46.7 Å². The van der Waals surface area contributed by atoms with Gasteiger partial charge in [-0.2, -0.15) is 0 Å². The van der Waals surface area contributed by atoms with Crippen molar-refractivity contribution in [3.63, 3.8) is 0 Å². The Labute approximate surface area is 178 Å². The van der Waals surface area contributed by atoms with E-state index in [0.717, 1.165) is 23.1 Å². The Bertz CT molecular complexity index is 854. The summed E-state index contributed by atoms with van der Waals surface area (Å²) in [6, 6.07) is 12.4. The highest BCUT2D eigenvalue weighted by Crippen LogP contribution is 2.21. The number of aryl methyl sites for hydroxylation is 1. The van der Waals surface area contributed by atoms with Crippen molar-refractivity contribution in [1.29, 1.82) is 0 Å². The van der Waals surface area contributed by atoms with Gasteiger partial charge in [0, 0.05) is 18.1 Å². The molecule has 1 atom stereocenters. The molecule has 0 aromatic heterocycles. The number of carbonyl (C=O) groups excluding carboxylic acids is 2. The molecule has 0 unspecified atom stereocenters. The smallest absolute Gasteiger partial charge is 0.261 e. The average Bonchev–Trinajstić information content (AvgIpc) is 2.70. The second-order valence-electron chi connectivity index (χ2n) is 7.11. The Balaban J connectivity index is 2.17. The number of benzene rings is 2. The van der Waals surface area contributed by atoms with Crippen LogP contribution in [0.3, 0.4) is 0 Å². The zero-order chi connectivity index (χ0) is 21.4. The maximum atomic E-state index is 13.0. The molecule has 0 radical (unpaired) electrons. The molecule has 0 saturated heterocycles. The third-order valence-corrected chi connectivity index (χ3v) is 5.10. The quantitative estimate of drug-likeness (QED) is 0.663. The van der Waals surface area contributed by atoms with Gasteiger partial charge >= 0.3 is 0 Å². The molecule has 2 aromatic rings. The van der Waals surface area contributed by atoms with E-state index in [1.165, 1.54) is 4.90 Å². The largest absolute Gasteiger partial charge is 0.483 e. The standard InChI is InChI=1S/C23H29ClN2O3/c1-5-12-25-23(28)18(4)26(14-19-9-7-10-20(24)13-19)22(27)15-29-21-11-6-8-16(2)17(21)3/h6-11,13,18H,5,12,14-15H2,1-4H3,(H,25,28)/t18-/m1/s1. The van der Waals surface area contributed by atoms with Crippen LogP contribution in [0.1, 0.15) is 37.0 Å². The fraction of sp³-hybridized carbons (Fsp3) is 0.391. The number of nitrogens with one attached hydrogen (secondary N) is 1. The van der Waals surface area contributed by atoms with E-state index >= 15 is 0 Å². The van der Waals surface area contributed by atoms with Gasteiger partial charge in [-0.25, -0.2) is 0 Å². The first-order chi connectivity index (χ1) is 13.8. The summed E-state index contributed by atoms with van der Waals surface area (Å²) in [4.78, 5) is 27.0. The summed E-state index contributed by atoms with van der Waals surface area (Å²) in [7, 11) is 0. The zero-order valence-electron chi connectivity index (χ0n) is 17.5. The number of rotatable bonds is 9. The van der Waals surface area contributed by atoms with E-state index in [-0.39, 0.29) is 25.0 Å². The molecule has 0 aliphatic rings. The van der Waals surface area contributed by atoms with Crippen molar-refractivity contribution in [1.82, 2.24) is 10.2 Å². The number of ether oxygens (including phenoxy) is 1. The highest BCUT2D eigenvalue weighted by Gasteiger charge is 2.26. The summed E-state index contributed by atoms with van der Waals surface area (Å²) in [6.45, 7) is 8.37. The monoisotopic (exact) mass is 416 g/mol. The van der Waals surface area contributed by atoms with Crippen molar-refractivity contribution in [3.05, 3.63) is 64.2 Å². The zero-order valence-corrected chi connectivity index (χ0v) is 18.3. The molecule has 2 amide bonds. The summed E-state index contributed by atoms with van der Waals surface area (Å²) in [5.74, 6) is 0.225. The number of amides is 2. The van der Waals surface area contributed by atoms with Gasteiger partial charge in [-0.05, 0) is 62.1 Å². The Kier molecular flexibility index (Phi) is 8.52. The second-order valence-corrected chi connectivity index (χ2v) is 7.54. The molecule has 0 saturated carbocycles. The Morgan fingerprint density at radius 2 is 1.90 bits per heavy atom. The lowest BCUT2D eigenvalue weighted by Gasteiger charge is -2.29. The van der Waals surface area contributed by atoms with Gasteiger partial charge < -0.3 is 15.0 Å². The molecule has 29 heavy (non-hydrogen) atoms. The SMILES string of the molecule is CCCNC(=O)[C@@H](C)N(Cc1cccc(Cl)c1)C(=O)COc1cccc(C)c1C. The van der Waals surface area contributed by atoms with E-state index in [2.05, 4.69) is 5.32 Å². The van der Waals surface area contributed by atoms with Crippen molar-refractivity contribution in [2.24, 2.45) is 0 Å². The normalized spacial score (nSPS) is 11.6. The molecule has 0 aliphatic carbocycles. The maximum absolute atomic E-state index is 13.0. The molecule has 0 heterocycles. The molecular formula is C23H29ClN2O3. The fourth-order valence-electron chi connectivity index (χ4n) is 2.91. The van der Waals surface area contributed by atoms with Crippen molar-refractivity contribution in [2.75, 3.05) is 13.2 Å². The van der Waals surface area contributed by atoms with Crippen LogP contribution in [0, 0.1) is 13.8 Å². The van der Waals surface area contributed by atoms with E-state index in [1.807, 2.05) is 51.1 Å². The van der Waals surface area contributed by atoms with Gasteiger partial charge in [-0.15, -0.1) is 0 Å². The summed E-state index contributed by atoms with van der Waals surface area (Å²) >= 11 is 6.08. The maximum Gasteiger partial charge on any atom is 0.261 e. The third kappa shape index (κ3) is 6.50. The minimum absolute atomic E-state index is 0.143. The van der Waals surface area contributed by atoms with Crippen LogP contribution in [0.2, 0.25) is 5.02 Å². The lowest BCUT2D eigenvalue weighted by atomic mass is 10.1. The Hall–Kier alpha value is -2.53. The van der Waals surface area contributed by atoms with E-state index < -0.39 is 6.04 Å². The Morgan fingerprint density at radius 3 is 2.59 bits per heavy atom. The third-order valence-electron chi connectivity index (χ3n) is 4.86. The number of nitrogens with zero attached hydrogens (tertiary/aromatic N) is 1. The first-order valence-electron chi connectivity index (χ1n) is 9.84. The van der Waals surface area contributed by atoms with Gasteiger partial charge in [0.05, 0.1) is 0 Å². The molecule has 2 rings (SSSR count). The highest BCUT2D eigenvalue weighted by molar-refractivity contribution is 6.30. The minimum Gasteiger partial charge on any atom is -0.483 e. The van der Waals surface area contributed by atoms with Crippen LogP contribution < -0.4 is 10.1 Å². The van der Waals surface area contributed by atoms with Gasteiger partial charge in [-0.3, -0.25) is 9.59 Å². The first kappa shape index (κ1) is 22.8. The minimum atomic E-state index is -0.629. The molecule has 0 spiro atoms. The predicted molar refractivity (Wildman–Crippen MR) is 116 cm³/mol. The fourth-order valence-corrected chi connectivity index (χ4v) is 3.13. The second kappa shape index (κ2) is 10.9. The molecule has 156 valence electrons. The number of halogens is 1. The van der Waals surface area contributed by atoms with Crippen molar-refractivity contribution in [3.8, 4) is 5.75 Å². The predicted octanol–water partition coefficient (Wildman–Crippen LogP) is 4.28. The molecule has 0 fully saturated rings. The lowest BCUT2D eigenvalue weighted by molar-refractivity contribution is -0.142. The van der Waals surface area contributed by atoms with Gasteiger partial charge in [0.2, 0.25) is 5.91 Å². The van der Waals surface area contributed by atoms with Crippen molar-refractivity contribution < 1.29 is 14.3 Å². The van der Waals surface area contributed by atoms with E-state index in [9.17, 15) is 9.59 Å². The number of hydrogen-bond acceptors (Lipinski definition) is 3. The van der Waals surface area contributed by atoms with Crippen LogP contribution in [-0.4, -0.2) is 35.9 Å². The van der Waals surface area contributed by atoms with Crippen LogP contribution in [-0.2, 0) is 16.1 Å².